The van der Waals surface area contributed by atoms with E-state index in [0.29, 0.717) is 24.0 Å². The van der Waals surface area contributed by atoms with Gasteiger partial charge in [-0.05, 0) is 50.8 Å². The predicted molar refractivity (Wildman–Crippen MR) is 96.4 cm³/mol. The van der Waals surface area contributed by atoms with E-state index in [9.17, 15) is 15.3 Å². The van der Waals surface area contributed by atoms with Crippen molar-refractivity contribution < 1.29 is 4.79 Å². The molecule has 1 aliphatic carbocycles. The van der Waals surface area contributed by atoms with E-state index < -0.39 is 0 Å². The molecule has 1 aromatic carbocycles. The lowest BCUT2D eigenvalue weighted by Gasteiger charge is -2.30. The summed E-state index contributed by atoms with van der Waals surface area (Å²) in [5.41, 5.74) is 3.13. The van der Waals surface area contributed by atoms with E-state index >= 15 is 0 Å². The van der Waals surface area contributed by atoms with Crippen molar-refractivity contribution in [3.8, 4) is 12.1 Å². The molecule has 0 spiro atoms. The molecule has 1 aliphatic heterocycles. The summed E-state index contributed by atoms with van der Waals surface area (Å²) in [7, 11) is 0. The summed E-state index contributed by atoms with van der Waals surface area (Å²) < 4.78 is 0. The van der Waals surface area contributed by atoms with Crippen LogP contribution >= 0.6 is 0 Å². The zero-order valence-corrected chi connectivity index (χ0v) is 14.9. The van der Waals surface area contributed by atoms with Crippen LogP contribution in [0.5, 0.6) is 0 Å². The van der Waals surface area contributed by atoms with E-state index in [1.165, 1.54) is 6.42 Å². The normalized spacial score (nSPS) is 19.3. The number of benzene rings is 1. The highest BCUT2D eigenvalue weighted by atomic mass is 16.1. The highest BCUT2D eigenvalue weighted by Gasteiger charge is 2.30. The van der Waals surface area contributed by atoms with Crippen molar-refractivity contribution in [1.29, 1.82) is 10.5 Å². The lowest BCUT2D eigenvalue weighted by Crippen LogP contribution is -2.31. The number of hydrogen-bond acceptors (Lipinski definition) is 4. The number of Topliss-reactive ketones (excluding diaryl/α,β-unsaturated/α-hetero) is 1. The summed E-state index contributed by atoms with van der Waals surface area (Å²) in [6.45, 7) is 4.09. The van der Waals surface area contributed by atoms with Crippen molar-refractivity contribution in [3.63, 3.8) is 0 Å². The van der Waals surface area contributed by atoms with Gasteiger partial charge < -0.3 is 0 Å². The maximum Gasteiger partial charge on any atom is 0.141 e. The number of fused-ring (bicyclic) bond motifs is 1. The van der Waals surface area contributed by atoms with Crippen LogP contribution in [0.15, 0.2) is 17.1 Å². The van der Waals surface area contributed by atoms with Gasteiger partial charge in [-0.3, -0.25) is 9.79 Å². The Bertz CT molecular complexity index is 815. The first-order chi connectivity index (χ1) is 11.9. The van der Waals surface area contributed by atoms with Gasteiger partial charge in [0.25, 0.3) is 0 Å². The number of rotatable bonds is 3. The highest BCUT2D eigenvalue weighted by Crippen LogP contribution is 2.32. The SMILES string of the molecule is CC1(C)Cc2cc(C#N)c(C#N)cc2C(CC(=O)C2CCCCC2)=N1. The van der Waals surface area contributed by atoms with E-state index in [1.54, 1.807) is 12.1 Å². The number of carbonyl (C=O) groups is 1. The second-order valence-electron chi connectivity index (χ2n) is 7.80. The largest absolute Gasteiger partial charge is 0.299 e. The number of carbonyl (C=O) groups excluding carboxylic acids is 1. The summed E-state index contributed by atoms with van der Waals surface area (Å²) in [6.07, 6.45) is 6.51. The Morgan fingerprint density at radius 2 is 1.80 bits per heavy atom. The number of ketones is 1. The van der Waals surface area contributed by atoms with Gasteiger partial charge in [0.1, 0.15) is 17.9 Å². The molecule has 2 aliphatic rings. The lowest BCUT2D eigenvalue weighted by atomic mass is 9.80. The number of aliphatic imine (C=N–C) groups is 1. The molecular weight excluding hydrogens is 310 g/mol. The molecular formula is C21H23N3O. The molecule has 0 unspecified atom stereocenters. The Kier molecular flexibility index (Phi) is 4.73. The van der Waals surface area contributed by atoms with Crippen LogP contribution in [-0.2, 0) is 11.2 Å². The van der Waals surface area contributed by atoms with Crippen LogP contribution in [0.2, 0.25) is 0 Å². The van der Waals surface area contributed by atoms with Crippen molar-refractivity contribution >= 4 is 11.5 Å². The van der Waals surface area contributed by atoms with E-state index in [1.807, 2.05) is 13.8 Å². The summed E-state index contributed by atoms with van der Waals surface area (Å²) in [6, 6.07) is 7.74. The van der Waals surface area contributed by atoms with Crippen molar-refractivity contribution in [2.45, 2.75) is 64.3 Å². The van der Waals surface area contributed by atoms with E-state index in [0.717, 1.165) is 42.5 Å². The van der Waals surface area contributed by atoms with Gasteiger partial charge in [0, 0.05) is 17.9 Å². The first-order valence-corrected chi connectivity index (χ1v) is 9.02. The summed E-state index contributed by atoms with van der Waals surface area (Å²) in [5.74, 6) is 0.420. The standard InChI is InChI=1S/C21H23N3O/c1-21(2)11-15-8-16(12-22)17(13-23)9-18(15)19(24-21)10-20(25)14-6-4-3-5-7-14/h8-9,14H,3-7,10-11H2,1-2H3. The number of hydrogen-bond donors (Lipinski definition) is 0. The van der Waals surface area contributed by atoms with E-state index in [4.69, 9.17) is 4.99 Å². The molecule has 1 aromatic rings. The van der Waals surface area contributed by atoms with Crippen LogP contribution in [-0.4, -0.2) is 17.0 Å². The molecule has 0 atom stereocenters. The molecule has 0 N–H and O–H groups in total. The van der Waals surface area contributed by atoms with Gasteiger partial charge in [-0.15, -0.1) is 0 Å². The van der Waals surface area contributed by atoms with Gasteiger partial charge in [-0.25, -0.2) is 0 Å². The van der Waals surface area contributed by atoms with Crippen LogP contribution in [0.25, 0.3) is 0 Å². The van der Waals surface area contributed by atoms with Crippen LogP contribution in [0.1, 0.15) is 74.6 Å². The fraction of sp³-hybridized carbons (Fsp3) is 0.524. The molecule has 128 valence electrons. The number of nitrogens with zero attached hydrogens (tertiary/aromatic N) is 3. The molecule has 0 aromatic heterocycles. The quantitative estimate of drug-likeness (QED) is 0.835. The Morgan fingerprint density at radius 1 is 1.16 bits per heavy atom. The van der Waals surface area contributed by atoms with E-state index in [-0.39, 0.29) is 17.2 Å². The topological polar surface area (TPSA) is 77.0 Å². The predicted octanol–water partition coefficient (Wildman–Crippen LogP) is 4.09. The molecule has 0 bridgehead atoms. The van der Waals surface area contributed by atoms with Crippen molar-refractivity contribution in [2.24, 2.45) is 10.9 Å². The van der Waals surface area contributed by atoms with Gasteiger partial charge >= 0.3 is 0 Å². The van der Waals surface area contributed by atoms with E-state index in [2.05, 4.69) is 12.1 Å². The molecule has 0 saturated heterocycles. The minimum atomic E-state index is -0.296. The Morgan fingerprint density at radius 3 is 2.44 bits per heavy atom. The zero-order valence-electron chi connectivity index (χ0n) is 14.9. The second kappa shape index (κ2) is 6.81. The first-order valence-electron chi connectivity index (χ1n) is 9.02. The molecule has 1 saturated carbocycles. The summed E-state index contributed by atoms with van der Waals surface area (Å²) in [5, 5.41) is 18.6. The first kappa shape index (κ1) is 17.4. The molecule has 0 amide bonds. The zero-order chi connectivity index (χ0) is 18.0. The van der Waals surface area contributed by atoms with Gasteiger partial charge in [0.15, 0.2) is 0 Å². The van der Waals surface area contributed by atoms with Crippen molar-refractivity contribution in [2.75, 3.05) is 0 Å². The van der Waals surface area contributed by atoms with Crippen molar-refractivity contribution in [3.05, 3.63) is 34.4 Å². The Hall–Kier alpha value is -2.46. The summed E-state index contributed by atoms with van der Waals surface area (Å²) in [4.78, 5) is 17.6. The maximum absolute atomic E-state index is 12.8. The fourth-order valence-electron chi connectivity index (χ4n) is 4.04. The summed E-state index contributed by atoms with van der Waals surface area (Å²) >= 11 is 0. The average Bonchev–Trinajstić information content (AvgIpc) is 2.60. The van der Waals surface area contributed by atoms with Gasteiger partial charge in [-0.2, -0.15) is 10.5 Å². The smallest absolute Gasteiger partial charge is 0.141 e. The van der Waals surface area contributed by atoms with Crippen LogP contribution in [0.4, 0.5) is 0 Å². The molecule has 1 heterocycles. The molecule has 0 radical (unpaired) electrons. The van der Waals surface area contributed by atoms with Crippen LogP contribution in [0.3, 0.4) is 0 Å². The molecule has 25 heavy (non-hydrogen) atoms. The minimum Gasteiger partial charge on any atom is -0.299 e. The average molecular weight is 333 g/mol. The van der Waals surface area contributed by atoms with Gasteiger partial charge in [0.2, 0.25) is 0 Å². The third kappa shape index (κ3) is 3.64. The lowest BCUT2D eigenvalue weighted by molar-refractivity contribution is -0.122. The molecule has 3 rings (SSSR count). The minimum absolute atomic E-state index is 0.152. The molecule has 1 fully saturated rings. The third-order valence-electron chi connectivity index (χ3n) is 5.26. The van der Waals surface area contributed by atoms with Crippen LogP contribution < -0.4 is 0 Å². The second-order valence-corrected chi connectivity index (χ2v) is 7.80. The molecule has 4 nitrogen and oxygen atoms in total. The maximum atomic E-state index is 12.8. The Balaban J connectivity index is 1.96. The Labute approximate surface area is 149 Å². The monoisotopic (exact) mass is 333 g/mol. The molecule has 4 heteroatoms. The highest BCUT2D eigenvalue weighted by molar-refractivity contribution is 6.13. The van der Waals surface area contributed by atoms with Crippen molar-refractivity contribution in [1.82, 2.24) is 0 Å². The van der Waals surface area contributed by atoms with Crippen LogP contribution in [0, 0.1) is 28.6 Å². The van der Waals surface area contributed by atoms with Gasteiger partial charge in [0.05, 0.1) is 22.4 Å². The number of nitriles is 2. The third-order valence-corrected chi connectivity index (χ3v) is 5.26. The van der Waals surface area contributed by atoms with Gasteiger partial charge in [-0.1, -0.05) is 19.3 Å². The fourth-order valence-corrected chi connectivity index (χ4v) is 4.04.